The third kappa shape index (κ3) is 6.11. The maximum absolute atomic E-state index is 12.5. The van der Waals surface area contributed by atoms with Crippen molar-refractivity contribution in [3.05, 3.63) is 54.1 Å². The first kappa shape index (κ1) is 24.8. The summed E-state index contributed by atoms with van der Waals surface area (Å²) in [5.41, 5.74) is 2.72. The summed E-state index contributed by atoms with van der Waals surface area (Å²) >= 11 is 0. The molecule has 9 heteroatoms. The number of nitrogens with one attached hydrogen (secondary N) is 2. The predicted molar refractivity (Wildman–Crippen MR) is 143 cm³/mol. The van der Waals surface area contributed by atoms with Gasteiger partial charge in [-0.3, -0.25) is 9.59 Å². The monoisotopic (exact) mass is 503 g/mol. The predicted octanol–water partition coefficient (Wildman–Crippen LogP) is 2.97. The molecule has 2 aliphatic heterocycles. The SMILES string of the molecule is Cc1cc(N2CCN(C)CC2)nc2ccc(NC(=O)CCC(=O)NCC3COc4ccccc4O3)cc12. The molecule has 2 amide bonds. The molecule has 9 nitrogen and oxygen atoms in total. The number of hydrogen-bond acceptors (Lipinski definition) is 7. The summed E-state index contributed by atoms with van der Waals surface area (Å²) in [6.07, 6.45) is -0.0776. The quantitative estimate of drug-likeness (QED) is 0.512. The zero-order chi connectivity index (χ0) is 25.8. The first-order valence-electron chi connectivity index (χ1n) is 12.7. The van der Waals surface area contributed by atoms with Crippen LogP contribution < -0.4 is 25.0 Å². The van der Waals surface area contributed by atoms with E-state index in [9.17, 15) is 9.59 Å². The number of nitrogens with zero attached hydrogens (tertiary/aromatic N) is 3. The zero-order valence-electron chi connectivity index (χ0n) is 21.3. The van der Waals surface area contributed by atoms with Gasteiger partial charge < -0.3 is 29.9 Å². The molecule has 0 spiro atoms. The lowest BCUT2D eigenvalue weighted by molar-refractivity contribution is -0.124. The van der Waals surface area contributed by atoms with Gasteiger partial charge in [0.15, 0.2) is 11.5 Å². The minimum atomic E-state index is -0.265. The van der Waals surface area contributed by atoms with E-state index in [1.54, 1.807) is 0 Å². The number of hydrogen-bond donors (Lipinski definition) is 2. The lowest BCUT2D eigenvalue weighted by Crippen LogP contribution is -2.44. The van der Waals surface area contributed by atoms with Crippen molar-refractivity contribution >= 4 is 34.2 Å². The molecular weight excluding hydrogens is 470 g/mol. The number of aryl methyl sites for hydroxylation is 1. The average Bonchev–Trinajstić information content (AvgIpc) is 2.91. The number of anilines is 2. The van der Waals surface area contributed by atoms with E-state index in [1.807, 2.05) is 42.5 Å². The van der Waals surface area contributed by atoms with Gasteiger partial charge in [-0.05, 0) is 55.9 Å². The van der Waals surface area contributed by atoms with Gasteiger partial charge in [0.2, 0.25) is 11.8 Å². The summed E-state index contributed by atoms with van der Waals surface area (Å²) in [4.78, 5) is 34.3. The fourth-order valence-electron chi connectivity index (χ4n) is 4.58. The van der Waals surface area contributed by atoms with Crippen LogP contribution in [0.1, 0.15) is 18.4 Å². The van der Waals surface area contributed by atoms with Crippen LogP contribution in [0.5, 0.6) is 11.5 Å². The van der Waals surface area contributed by atoms with Crippen molar-refractivity contribution in [2.45, 2.75) is 25.9 Å². The van der Waals surface area contributed by atoms with Gasteiger partial charge in [0.05, 0.1) is 12.1 Å². The normalized spacial score (nSPS) is 17.5. The Hall–Kier alpha value is -3.85. The number of carbonyl (C=O) groups excluding carboxylic acids is 2. The highest BCUT2D eigenvalue weighted by Crippen LogP contribution is 2.30. The van der Waals surface area contributed by atoms with E-state index in [0.717, 1.165) is 48.5 Å². The first-order valence-corrected chi connectivity index (χ1v) is 12.7. The third-order valence-corrected chi connectivity index (χ3v) is 6.79. The Labute approximate surface area is 216 Å². The van der Waals surface area contributed by atoms with Crippen molar-refractivity contribution in [1.82, 2.24) is 15.2 Å². The second kappa shape index (κ2) is 11.0. The van der Waals surface area contributed by atoms with Crippen LogP contribution in [0, 0.1) is 6.92 Å². The second-order valence-corrected chi connectivity index (χ2v) is 9.67. The van der Waals surface area contributed by atoms with Crippen molar-refractivity contribution in [1.29, 1.82) is 0 Å². The maximum atomic E-state index is 12.5. The minimum absolute atomic E-state index is 0.0916. The second-order valence-electron chi connectivity index (χ2n) is 9.67. The van der Waals surface area contributed by atoms with Crippen LogP contribution in [0.25, 0.3) is 10.9 Å². The third-order valence-electron chi connectivity index (χ3n) is 6.79. The van der Waals surface area contributed by atoms with E-state index >= 15 is 0 Å². The van der Waals surface area contributed by atoms with Crippen LogP contribution in [-0.4, -0.2) is 74.2 Å². The van der Waals surface area contributed by atoms with Crippen LogP contribution in [0.2, 0.25) is 0 Å². The standard InChI is InChI=1S/C28H33N5O4/c1-19-15-26(33-13-11-32(2)12-14-33)31-23-8-7-20(16-22(19)23)30-28(35)10-9-27(34)29-17-21-18-36-24-5-3-4-6-25(24)37-21/h3-8,15-16,21H,9-14,17-18H2,1-2H3,(H,29,34)(H,30,35). The molecule has 2 aromatic carbocycles. The van der Waals surface area contributed by atoms with Crippen molar-refractivity contribution in [2.24, 2.45) is 0 Å². The molecule has 5 rings (SSSR count). The molecule has 1 aromatic heterocycles. The smallest absolute Gasteiger partial charge is 0.224 e. The van der Waals surface area contributed by atoms with Gasteiger partial charge in [-0.1, -0.05) is 12.1 Å². The average molecular weight is 504 g/mol. The number of likely N-dealkylation sites (N-methyl/N-ethyl adjacent to an activating group) is 1. The minimum Gasteiger partial charge on any atom is -0.486 e. The molecule has 2 N–H and O–H groups in total. The first-order chi connectivity index (χ1) is 17.9. The Bertz CT molecular complexity index is 1290. The molecule has 2 aliphatic rings. The van der Waals surface area contributed by atoms with Crippen LogP contribution in [0.3, 0.4) is 0 Å². The van der Waals surface area contributed by atoms with Gasteiger partial charge in [0.1, 0.15) is 18.5 Å². The number of ether oxygens (including phenoxy) is 2. The Morgan fingerprint density at radius 1 is 1.00 bits per heavy atom. The highest BCUT2D eigenvalue weighted by molar-refractivity contribution is 5.96. The summed E-state index contributed by atoms with van der Waals surface area (Å²) < 4.78 is 11.5. The Balaban J connectivity index is 1.10. The number of carbonyl (C=O) groups is 2. The zero-order valence-corrected chi connectivity index (χ0v) is 21.3. The molecule has 3 heterocycles. The van der Waals surface area contributed by atoms with Gasteiger partial charge in [0.25, 0.3) is 0 Å². The van der Waals surface area contributed by atoms with Gasteiger partial charge in [-0.25, -0.2) is 4.98 Å². The lowest BCUT2D eigenvalue weighted by Gasteiger charge is -2.33. The van der Waals surface area contributed by atoms with E-state index in [4.69, 9.17) is 14.5 Å². The molecule has 0 saturated carbocycles. The Morgan fingerprint density at radius 3 is 2.57 bits per heavy atom. The number of piperazine rings is 1. The van der Waals surface area contributed by atoms with Crippen LogP contribution >= 0.6 is 0 Å². The number of fused-ring (bicyclic) bond motifs is 2. The molecule has 37 heavy (non-hydrogen) atoms. The van der Waals surface area contributed by atoms with Crippen LogP contribution in [0.4, 0.5) is 11.5 Å². The van der Waals surface area contributed by atoms with Crippen molar-refractivity contribution in [3.8, 4) is 11.5 Å². The molecule has 0 bridgehead atoms. The Kier molecular flexibility index (Phi) is 7.41. The fraction of sp³-hybridized carbons (Fsp3) is 0.393. The molecular formula is C28H33N5O4. The summed E-state index contributed by atoms with van der Waals surface area (Å²) in [5.74, 6) is 1.96. The van der Waals surface area contributed by atoms with Crippen LogP contribution in [0.15, 0.2) is 48.5 Å². The molecule has 3 aromatic rings. The molecule has 1 atom stereocenters. The number of amides is 2. The summed E-state index contributed by atoms with van der Waals surface area (Å²) in [7, 11) is 2.14. The highest BCUT2D eigenvalue weighted by Gasteiger charge is 2.21. The number of para-hydroxylation sites is 2. The maximum Gasteiger partial charge on any atom is 0.224 e. The van der Waals surface area contributed by atoms with E-state index in [0.29, 0.717) is 30.3 Å². The number of pyridine rings is 1. The molecule has 1 fully saturated rings. The van der Waals surface area contributed by atoms with Crippen LogP contribution in [-0.2, 0) is 9.59 Å². The number of aromatic nitrogens is 1. The molecule has 0 radical (unpaired) electrons. The van der Waals surface area contributed by atoms with E-state index < -0.39 is 0 Å². The Morgan fingerprint density at radius 2 is 1.76 bits per heavy atom. The van der Waals surface area contributed by atoms with Gasteiger partial charge >= 0.3 is 0 Å². The van der Waals surface area contributed by atoms with Crippen molar-refractivity contribution in [3.63, 3.8) is 0 Å². The van der Waals surface area contributed by atoms with Crippen molar-refractivity contribution < 1.29 is 19.1 Å². The summed E-state index contributed by atoms with van der Waals surface area (Å²) in [5, 5.41) is 6.74. The highest BCUT2D eigenvalue weighted by atomic mass is 16.6. The van der Waals surface area contributed by atoms with Gasteiger partial charge in [-0.15, -0.1) is 0 Å². The summed E-state index contributed by atoms with van der Waals surface area (Å²) in [6, 6.07) is 15.3. The molecule has 1 saturated heterocycles. The molecule has 194 valence electrons. The largest absolute Gasteiger partial charge is 0.486 e. The molecule has 1 unspecified atom stereocenters. The topological polar surface area (TPSA) is 96.0 Å². The van der Waals surface area contributed by atoms with E-state index in [-0.39, 0.29) is 30.8 Å². The number of rotatable bonds is 7. The van der Waals surface area contributed by atoms with E-state index in [2.05, 4.69) is 40.5 Å². The fourth-order valence-corrected chi connectivity index (χ4v) is 4.58. The van der Waals surface area contributed by atoms with Crippen molar-refractivity contribution in [2.75, 3.05) is 56.6 Å². The lowest BCUT2D eigenvalue weighted by atomic mass is 10.1. The van der Waals surface area contributed by atoms with E-state index in [1.165, 1.54) is 0 Å². The number of benzene rings is 2. The van der Waals surface area contributed by atoms with Gasteiger partial charge in [-0.2, -0.15) is 0 Å². The molecule has 0 aliphatic carbocycles. The van der Waals surface area contributed by atoms with Gasteiger partial charge in [0, 0.05) is 50.1 Å². The summed E-state index contributed by atoms with van der Waals surface area (Å²) in [6.45, 7) is 6.74.